The van der Waals surface area contributed by atoms with Gasteiger partial charge in [0.25, 0.3) is 0 Å². The predicted molar refractivity (Wildman–Crippen MR) is 72.7 cm³/mol. The Labute approximate surface area is 108 Å². The lowest BCUT2D eigenvalue weighted by Crippen LogP contribution is -2.02. The Bertz CT molecular complexity index is 515. The molecule has 1 heterocycles. The van der Waals surface area contributed by atoms with E-state index < -0.39 is 0 Å². The third-order valence-corrected chi connectivity index (χ3v) is 2.80. The van der Waals surface area contributed by atoms with Crippen molar-refractivity contribution in [2.75, 3.05) is 0 Å². The average Bonchev–Trinajstić information content (AvgIpc) is 2.39. The number of benzene rings is 1. The first-order chi connectivity index (χ1) is 8.66. The smallest absolute Gasteiger partial charge is 0.193 e. The summed E-state index contributed by atoms with van der Waals surface area (Å²) in [4.78, 5) is 16.1. The molecular formula is C16H17NO. The molecular weight excluding hydrogens is 222 g/mol. The molecule has 2 nitrogen and oxygen atoms in total. The van der Waals surface area contributed by atoms with Gasteiger partial charge < -0.3 is 0 Å². The Hall–Kier alpha value is -1.96. The Kier molecular flexibility index (Phi) is 3.88. The quantitative estimate of drug-likeness (QED) is 0.764. The van der Waals surface area contributed by atoms with E-state index in [1.807, 2.05) is 24.3 Å². The van der Waals surface area contributed by atoms with E-state index >= 15 is 0 Å². The molecule has 0 atom stereocenters. The molecule has 0 bridgehead atoms. The molecule has 0 aliphatic rings. The van der Waals surface area contributed by atoms with Gasteiger partial charge in [0.05, 0.1) is 0 Å². The fraction of sp³-hybridized carbons (Fsp3) is 0.250. The maximum Gasteiger partial charge on any atom is 0.193 e. The highest BCUT2D eigenvalue weighted by molar-refractivity contribution is 6.08. The van der Waals surface area contributed by atoms with Crippen LogP contribution in [-0.4, -0.2) is 10.8 Å². The number of nitrogens with zero attached hydrogens (tertiary/aromatic N) is 1. The standard InChI is InChI=1S/C16H17NO/c1-12(2)11-13-3-5-14(6-4-13)16(18)15-7-9-17-10-8-15/h3-10,12H,11H2,1-2H3. The summed E-state index contributed by atoms with van der Waals surface area (Å²) in [7, 11) is 0. The topological polar surface area (TPSA) is 30.0 Å². The van der Waals surface area contributed by atoms with Crippen LogP contribution in [0, 0.1) is 5.92 Å². The molecule has 0 aliphatic carbocycles. The van der Waals surface area contributed by atoms with Crippen LogP contribution >= 0.6 is 0 Å². The summed E-state index contributed by atoms with van der Waals surface area (Å²) >= 11 is 0. The second-order valence-electron chi connectivity index (χ2n) is 4.86. The molecule has 18 heavy (non-hydrogen) atoms. The Morgan fingerprint density at radius 1 is 1.00 bits per heavy atom. The van der Waals surface area contributed by atoms with Gasteiger partial charge in [-0.2, -0.15) is 0 Å². The van der Waals surface area contributed by atoms with Gasteiger partial charge in [-0.1, -0.05) is 38.1 Å². The zero-order valence-electron chi connectivity index (χ0n) is 10.8. The van der Waals surface area contributed by atoms with Crippen LogP contribution in [0.2, 0.25) is 0 Å². The van der Waals surface area contributed by atoms with Crippen molar-refractivity contribution in [3.8, 4) is 0 Å². The van der Waals surface area contributed by atoms with Crippen molar-refractivity contribution in [1.29, 1.82) is 0 Å². The van der Waals surface area contributed by atoms with E-state index in [0.717, 1.165) is 12.0 Å². The zero-order valence-corrected chi connectivity index (χ0v) is 10.8. The van der Waals surface area contributed by atoms with Gasteiger partial charge >= 0.3 is 0 Å². The minimum absolute atomic E-state index is 0.0495. The Balaban J connectivity index is 2.17. The van der Waals surface area contributed by atoms with E-state index in [0.29, 0.717) is 11.5 Å². The van der Waals surface area contributed by atoms with Crippen molar-refractivity contribution in [3.05, 3.63) is 65.5 Å². The first kappa shape index (κ1) is 12.5. The summed E-state index contributed by atoms with van der Waals surface area (Å²) < 4.78 is 0. The number of pyridine rings is 1. The maximum absolute atomic E-state index is 12.2. The minimum atomic E-state index is 0.0495. The number of carbonyl (C=O) groups excluding carboxylic acids is 1. The van der Waals surface area contributed by atoms with Crippen LogP contribution in [0.1, 0.15) is 35.3 Å². The van der Waals surface area contributed by atoms with E-state index in [-0.39, 0.29) is 5.78 Å². The molecule has 1 aromatic carbocycles. The van der Waals surface area contributed by atoms with Crippen molar-refractivity contribution in [1.82, 2.24) is 4.98 Å². The van der Waals surface area contributed by atoms with Gasteiger partial charge in [-0.25, -0.2) is 0 Å². The Morgan fingerprint density at radius 2 is 1.56 bits per heavy atom. The summed E-state index contributed by atoms with van der Waals surface area (Å²) in [5, 5.41) is 0. The lowest BCUT2D eigenvalue weighted by molar-refractivity contribution is 0.103. The number of hydrogen-bond donors (Lipinski definition) is 0. The molecule has 2 heteroatoms. The predicted octanol–water partition coefficient (Wildman–Crippen LogP) is 3.51. The number of hydrogen-bond acceptors (Lipinski definition) is 2. The van der Waals surface area contributed by atoms with Crippen LogP contribution in [0.4, 0.5) is 0 Å². The maximum atomic E-state index is 12.2. The second-order valence-corrected chi connectivity index (χ2v) is 4.86. The third kappa shape index (κ3) is 3.04. The number of ketones is 1. The molecule has 0 fully saturated rings. The van der Waals surface area contributed by atoms with E-state index in [2.05, 4.69) is 18.8 Å². The van der Waals surface area contributed by atoms with Crippen molar-refractivity contribution in [2.24, 2.45) is 5.92 Å². The summed E-state index contributed by atoms with van der Waals surface area (Å²) in [6.45, 7) is 4.38. The van der Waals surface area contributed by atoms with E-state index in [4.69, 9.17) is 0 Å². The molecule has 2 rings (SSSR count). The van der Waals surface area contributed by atoms with Crippen LogP contribution < -0.4 is 0 Å². The van der Waals surface area contributed by atoms with Crippen molar-refractivity contribution in [3.63, 3.8) is 0 Å². The number of aromatic nitrogens is 1. The second kappa shape index (κ2) is 5.58. The molecule has 0 saturated carbocycles. The lowest BCUT2D eigenvalue weighted by atomic mass is 9.99. The average molecular weight is 239 g/mol. The first-order valence-electron chi connectivity index (χ1n) is 6.20. The van der Waals surface area contributed by atoms with Gasteiger partial charge in [0.1, 0.15) is 0 Å². The van der Waals surface area contributed by atoms with Gasteiger partial charge in [0, 0.05) is 23.5 Å². The summed E-state index contributed by atoms with van der Waals surface area (Å²) in [5.41, 5.74) is 2.69. The molecule has 2 aromatic rings. The van der Waals surface area contributed by atoms with E-state index in [9.17, 15) is 4.79 Å². The van der Waals surface area contributed by atoms with Crippen molar-refractivity contribution in [2.45, 2.75) is 20.3 Å². The van der Waals surface area contributed by atoms with Crippen LogP contribution in [0.5, 0.6) is 0 Å². The number of carbonyl (C=O) groups is 1. The third-order valence-electron chi connectivity index (χ3n) is 2.80. The highest BCUT2D eigenvalue weighted by Gasteiger charge is 2.08. The molecule has 1 aromatic heterocycles. The van der Waals surface area contributed by atoms with E-state index in [1.165, 1.54) is 5.56 Å². The van der Waals surface area contributed by atoms with Crippen molar-refractivity contribution >= 4 is 5.78 Å². The Morgan fingerprint density at radius 3 is 2.11 bits per heavy atom. The molecule has 0 radical (unpaired) electrons. The fourth-order valence-corrected chi connectivity index (χ4v) is 1.93. The highest BCUT2D eigenvalue weighted by atomic mass is 16.1. The minimum Gasteiger partial charge on any atom is -0.289 e. The van der Waals surface area contributed by atoms with Crippen LogP contribution in [0.3, 0.4) is 0 Å². The van der Waals surface area contributed by atoms with Gasteiger partial charge in [-0.3, -0.25) is 9.78 Å². The van der Waals surface area contributed by atoms with Gasteiger partial charge in [-0.05, 0) is 30.0 Å². The zero-order chi connectivity index (χ0) is 13.0. The van der Waals surface area contributed by atoms with Crippen molar-refractivity contribution < 1.29 is 4.79 Å². The van der Waals surface area contributed by atoms with Crippen LogP contribution in [0.15, 0.2) is 48.8 Å². The normalized spacial score (nSPS) is 10.6. The molecule has 0 saturated heterocycles. The lowest BCUT2D eigenvalue weighted by Gasteiger charge is -2.06. The first-order valence-corrected chi connectivity index (χ1v) is 6.20. The largest absolute Gasteiger partial charge is 0.289 e. The van der Waals surface area contributed by atoms with Crippen LogP contribution in [-0.2, 0) is 6.42 Å². The van der Waals surface area contributed by atoms with Crippen LogP contribution in [0.25, 0.3) is 0 Å². The fourth-order valence-electron chi connectivity index (χ4n) is 1.93. The molecule has 0 unspecified atom stereocenters. The highest BCUT2D eigenvalue weighted by Crippen LogP contribution is 2.13. The molecule has 0 aliphatic heterocycles. The summed E-state index contributed by atoms with van der Waals surface area (Å²) in [6.07, 6.45) is 4.32. The summed E-state index contributed by atoms with van der Waals surface area (Å²) in [5.74, 6) is 0.681. The molecule has 0 amide bonds. The van der Waals surface area contributed by atoms with Gasteiger partial charge in [0.2, 0.25) is 0 Å². The SMILES string of the molecule is CC(C)Cc1ccc(C(=O)c2ccncc2)cc1. The van der Waals surface area contributed by atoms with Gasteiger partial charge in [-0.15, -0.1) is 0 Å². The summed E-state index contributed by atoms with van der Waals surface area (Å²) in [6, 6.07) is 11.4. The molecule has 0 spiro atoms. The molecule has 0 N–H and O–H groups in total. The molecule has 92 valence electrons. The van der Waals surface area contributed by atoms with Gasteiger partial charge in [0.15, 0.2) is 5.78 Å². The monoisotopic (exact) mass is 239 g/mol. The van der Waals surface area contributed by atoms with E-state index in [1.54, 1.807) is 24.5 Å². The number of rotatable bonds is 4.